The average Bonchev–Trinajstić information content (AvgIpc) is 2.43. The van der Waals surface area contributed by atoms with Gasteiger partial charge in [-0.2, -0.15) is 0 Å². The van der Waals surface area contributed by atoms with Gasteiger partial charge >= 0.3 is 0 Å². The highest BCUT2D eigenvalue weighted by molar-refractivity contribution is 9.10. The lowest BCUT2D eigenvalue weighted by Gasteiger charge is -2.02. The largest absolute Gasteiger partial charge is 0.358 e. The topological polar surface area (TPSA) is 15.8 Å². The molecule has 2 heteroatoms. The van der Waals surface area contributed by atoms with Gasteiger partial charge in [-0.3, -0.25) is 0 Å². The van der Waals surface area contributed by atoms with Crippen LogP contribution in [0.2, 0.25) is 0 Å². The van der Waals surface area contributed by atoms with Gasteiger partial charge in [-0.1, -0.05) is 35.8 Å². The Hall–Kier alpha value is -0.760. The smallest absolute Gasteiger partial charge is 0.0470 e. The van der Waals surface area contributed by atoms with Crippen LogP contribution in [0.3, 0.4) is 0 Å². The van der Waals surface area contributed by atoms with Gasteiger partial charge in [0.2, 0.25) is 0 Å². The second-order valence-corrected chi connectivity index (χ2v) is 4.92. The molecule has 0 saturated heterocycles. The van der Waals surface area contributed by atoms with E-state index in [1.54, 1.807) is 0 Å². The van der Waals surface area contributed by atoms with Crippen LogP contribution in [0, 0.1) is 6.92 Å². The van der Waals surface area contributed by atoms with E-state index in [-0.39, 0.29) is 0 Å². The number of aromatic amines is 1. The Labute approximate surface area is 92.6 Å². The van der Waals surface area contributed by atoms with E-state index in [0.29, 0.717) is 5.92 Å². The summed E-state index contributed by atoms with van der Waals surface area (Å²) >= 11 is 3.48. The van der Waals surface area contributed by atoms with Crippen molar-refractivity contribution in [3.8, 4) is 0 Å². The summed E-state index contributed by atoms with van der Waals surface area (Å²) in [4.78, 5) is 3.47. The van der Waals surface area contributed by atoms with Crippen LogP contribution in [0.1, 0.15) is 31.0 Å². The lowest BCUT2D eigenvalue weighted by Crippen LogP contribution is -1.88. The van der Waals surface area contributed by atoms with Gasteiger partial charge in [-0.05, 0) is 30.5 Å². The molecule has 0 bridgehead atoms. The fourth-order valence-electron chi connectivity index (χ4n) is 1.91. The second kappa shape index (κ2) is 3.43. The Morgan fingerprint density at radius 2 is 2.00 bits per heavy atom. The van der Waals surface area contributed by atoms with E-state index in [2.05, 4.69) is 59.9 Å². The first-order chi connectivity index (χ1) is 6.59. The van der Waals surface area contributed by atoms with Crippen molar-refractivity contribution in [1.82, 2.24) is 4.98 Å². The predicted octanol–water partition coefficient (Wildman–Crippen LogP) is 4.36. The second-order valence-electron chi connectivity index (χ2n) is 4.01. The monoisotopic (exact) mass is 251 g/mol. The fraction of sp³-hybridized carbons (Fsp3) is 0.333. The highest BCUT2D eigenvalue weighted by Crippen LogP contribution is 2.28. The van der Waals surface area contributed by atoms with Gasteiger partial charge in [0.1, 0.15) is 0 Å². The molecule has 1 heterocycles. The van der Waals surface area contributed by atoms with Gasteiger partial charge in [0.15, 0.2) is 0 Å². The van der Waals surface area contributed by atoms with Crippen molar-refractivity contribution in [3.05, 3.63) is 33.9 Å². The van der Waals surface area contributed by atoms with E-state index in [0.717, 1.165) is 4.47 Å². The molecule has 0 spiro atoms. The zero-order chi connectivity index (χ0) is 10.3. The summed E-state index contributed by atoms with van der Waals surface area (Å²) in [6.07, 6.45) is 0. The summed E-state index contributed by atoms with van der Waals surface area (Å²) in [6, 6.07) is 6.39. The van der Waals surface area contributed by atoms with Crippen LogP contribution in [0.5, 0.6) is 0 Å². The summed E-state index contributed by atoms with van der Waals surface area (Å²) < 4.78 is 1.13. The molecule has 2 aromatic rings. The third-order valence-electron chi connectivity index (χ3n) is 2.64. The Bertz CT molecular complexity index is 468. The van der Waals surface area contributed by atoms with Crippen molar-refractivity contribution >= 4 is 26.8 Å². The molecule has 74 valence electrons. The van der Waals surface area contributed by atoms with Crippen molar-refractivity contribution < 1.29 is 0 Å². The number of fused-ring (bicyclic) bond motifs is 1. The van der Waals surface area contributed by atoms with E-state index >= 15 is 0 Å². The molecule has 1 aromatic carbocycles. The number of halogens is 1. The zero-order valence-electron chi connectivity index (χ0n) is 8.69. The molecule has 1 aromatic heterocycles. The van der Waals surface area contributed by atoms with E-state index < -0.39 is 0 Å². The number of hydrogen-bond acceptors (Lipinski definition) is 0. The SMILES string of the molecule is Cc1c(C(C)C)[nH]c2cc(Br)ccc12. The Morgan fingerprint density at radius 3 is 2.64 bits per heavy atom. The van der Waals surface area contributed by atoms with Crippen LogP contribution >= 0.6 is 15.9 Å². The van der Waals surface area contributed by atoms with Crippen LogP contribution in [0.25, 0.3) is 10.9 Å². The minimum Gasteiger partial charge on any atom is -0.358 e. The Morgan fingerprint density at radius 1 is 1.29 bits per heavy atom. The number of nitrogens with one attached hydrogen (secondary N) is 1. The van der Waals surface area contributed by atoms with Crippen LogP contribution < -0.4 is 0 Å². The van der Waals surface area contributed by atoms with E-state index in [1.165, 1.54) is 22.2 Å². The quantitative estimate of drug-likeness (QED) is 0.776. The Kier molecular flexibility index (Phi) is 2.40. The minimum atomic E-state index is 0.557. The van der Waals surface area contributed by atoms with E-state index in [9.17, 15) is 0 Å². The number of aromatic nitrogens is 1. The van der Waals surface area contributed by atoms with Gasteiger partial charge in [-0.25, -0.2) is 0 Å². The first-order valence-electron chi connectivity index (χ1n) is 4.87. The number of H-pyrrole nitrogens is 1. The third kappa shape index (κ3) is 1.48. The van der Waals surface area contributed by atoms with Crippen molar-refractivity contribution in [3.63, 3.8) is 0 Å². The van der Waals surface area contributed by atoms with Gasteiger partial charge in [0.05, 0.1) is 0 Å². The maximum atomic E-state index is 3.48. The van der Waals surface area contributed by atoms with Crippen molar-refractivity contribution in [2.45, 2.75) is 26.7 Å². The normalized spacial score (nSPS) is 11.5. The number of rotatable bonds is 1. The third-order valence-corrected chi connectivity index (χ3v) is 3.13. The van der Waals surface area contributed by atoms with Crippen molar-refractivity contribution in [2.75, 3.05) is 0 Å². The van der Waals surface area contributed by atoms with Crippen LogP contribution in [-0.2, 0) is 0 Å². The fourth-order valence-corrected chi connectivity index (χ4v) is 2.27. The molecular weight excluding hydrogens is 238 g/mol. The number of aryl methyl sites for hydroxylation is 1. The molecule has 1 nitrogen and oxygen atoms in total. The van der Waals surface area contributed by atoms with Gasteiger partial charge < -0.3 is 4.98 Å². The van der Waals surface area contributed by atoms with Crippen LogP contribution in [-0.4, -0.2) is 4.98 Å². The molecule has 1 N–H and O–H groups in total. The molecule has 0 unspecified atom stereocenters. The minimum absolute atomic E-state index is 0.557. The summed E-state index contributed by atoms with van der Waals surface area (Å²) in [5.74, 6) is 0.557. The zero-order valence-corrected chi connectivity index (χ0v) is 10.3. The summed E-state index contributed by atoms with van der Waals surface area (Å²) in [7, 11) is 0. The lowest BCUT2D eigenvalue weighted by molar-refractivity contribution is 0.828. The molecule has 0 atom stereocenters. The summed E-state index contributed by atoms with van der Waals surface area (Å²) in [5.41, 5.74) is 3.95. The highest BCUT2D eigenvalue weighted by atomic mass is 79.9. The van der Waals surface area contributed by atoms with Crippen LogP contribution in [0.4, 0.5) is 0 Å². The maximum absolute atomic E-state index is 3.48. The van der Waals surface area contributed by atoms with E-state index in [1.807, 2.05) is 0 Å². The molecule has 0 saturated carbocycles. The summed E-state index contributed by atoms with van der Waals surface area (Å²) in [6.45, 7) is 6.61. The van der Waals surface area contributed by atoms with Gasteiger partial charge in [-0.15, -0.1) is 0 Å². The van der Waals surface area contributed by atoms with E-state index in [4.69, 9.17) is 0 Å². The molecule has 0 radical (unpaired) electrons. The van der Waals surface area contributed by atoms with Crippen molar-refractivity contribution in [1.29, 1.82) is 0 Å². The summed E-state index contributed by atoms with van der Waals surface area (Å²) in [5, 5.41) is 1.33. The molecule has 0 fully saturated rings. The van der Waals surface area contributed by atoms with Crippen molar-refractivity contribution in [2.24, 2.45) is 0 Å². The highest BCUT2D eigenvalue weighted by Gasteiger charge is 2.09. The molecule has 0 aliphatic carbocycles. The molecule has 0 aliphatic rings. The maximum Gasteiger partial charge on any atom is 0.0470 e. The first-order valence-corrected chi connectivity index (χ1v) is 5.66. The molecule has 2 rings (SSSR count). The van der Waals surface area contributed by atoms with Gasteiger partial charge in [0, 0.05) is 21.1 Å². The molecule has 0 aliphatic heterocycles. The molecular formula is C12H14BrN. The molecule has 0 amide bonds. The lowest BCUT2D eigenvalue weighted by atomic mass is 10.1. The predicted molar refractivity (Wildman–Crippen MR) is 64.8 cm³/mol. The van der Waals surface area contributed by atoms with Crippen LogP contribution in [0.15, 0.2) is 22.7 Å². The molecule has 14 heavy (non-hydrogen) atoms. The Balaban J connectivity index is 2.73. The standard InChI is InChI=1S/C12H14BrN/c1-7(2)12-8(3)10-5-4-9(13)6-11(10)14-12/h4-7,14H,1-3H3. The first kappa shape index (κ1) is 9.78. The average molecular weight is 252 g/mol. The van der Waals surface area contributed by atoms with Gasteiger partial charge in [0.25, 0.3) is 0 Å². The number of hydrogen-bond donors (Lipinski definition) is 1. The number of benzene rings is 1.